The van der Waals surface area contributed by atoms with Crippen LogP contribution in [0.25, 0.3) is 0 Å². The SMILES string of the molecule is CC1C2CC(C(=O)OCC34CC5CC(C3)CC(C(=O)O)(C5)C4)C(C2)C1C. The molecule has 4 heteroatoms. The number of carbonyl (C=O) groups is 2. The minimum atomic E-state index is -0.613. The maximum atomic E-state index is 12.9. The highest BCUT2D eigenvalue weighted by molar-refractivity contribution is 5.76. The normalized spacial score (nSPS) is 53.8. The van der Waals surface area contributed by atoms with E-state index < -0.39 is 11.4 Å². The van der Waals surface area contributed by atoms with Gasteiger partial charge in [0.05, 0.1) is 17.9 Å². The first-order valence-corrected chi connectivity index (χ1v) is 10.7. The Labute approximate surface area is 156 Å². The molecule has 7 atom stereocenters. The summed E-state index contributed by atoms with van der Waals surface area (Å²) in [5, 5.41) is 9.86. The van der Waals surface area contributed by atoms with Gasteiger partial charge in [0.1, 0.15) is 0 Å². The van der Waals surface area contributed by atoms with Crippen LogP contribution in [0.3, 0.4) is 0 Å². The maximum Gasteiger partial charge on any atom is 0.309 e. The Bertz CT molecular complexity index is 624. The number of aliphatic carboxylic acids is 1. The third-order valence-electron chi connectivity index (χ3n) is 9.36. The van der Waals surface area contributed by atoms with Crippen LogP contribution < -0.4 is 0 Å². The molecule has 0 amide bonds. The quantitative estimate of drug-likeness (QED) is 0.766. The summed E-state index contributed by atoms with van der Waals surface area (Å²) in [6, 6.07) is 0. The summed E-state index contributed by atoms with van der Waals surface area (Å²) in [5.74, 6) is 3.10. The van der Waals surface area contributed by atoms with Crippen LogP contribution in [0.5, 0.6) is 0 Å². The highest BCUT2D eigenvalue weighted by Crippen LogP contribution is 2.65. The molecule has 0 aliphatic heterocycles. The van der Waals surface area contributed by atoms with E-state index in [-0.39, 0.29) is 17.3 Å². The monoisotopic (exact) mass is 360 g/mol. The minimum absolute atomic E-state index is 0.0105. The van der Waals surface area contributed by atoms with Crippen molar-refractivity contribution in [3.05, 3.63) is 0 Å². The topological polar surface area (TPSA) is 63.6 Å². The van der Waals surface area contributed by atoms with Crippen molar-refractivity contribution in [1.82, 2.24) is 0 Å². The van der Waals surface area contributed by atoms with Gasteiger partial charge < -0.3 is 9.84 Å². The van der Waals surface area contributed by atoms with Crippen molar-refractivity contribution in [1.29, 1.82) is 0 Å². The third-order valence-corrected chi connectivity index (χ3v) is 9.36. The number of carbonyl (C=O) groups excluding carboxylic acids is 1. The van der Waals surface area contributed by atoms with Gasteiger partial charge in [-0.1, -0.05) is 13.8 Å². The standard InChI is InChI=1S/C22H32O4/c1-12-13(2)17-4-16(12)5-18(17)19(23)26-11-21-6-14-3-15(7-21)9-22(8-14,10-21)20(24)25/h12-18H,3-11H2,1-2H3,(H,24,25). The molecule has 0 radical (unpaired) electrons. The first-order valence-electron chi connectivity index (χ1n) is 10.7. The van der Waals surface area contributed by atoms with Gasteiger partial charge in [0.25, 0.3) is 0 Å². The fourth-order valence-electron chi connectivity index (χ4n) is 8.41. The zero-order valence-corrected chi connectivity index (χ0v) is 16.1. The largest absolute Gasteiger partial charge is 0.481 e. The second-order valence-electron chi connectivity index (χ2n) is 10.9. The number of hydrogen-bond acceptors (Lipinski definition) is 3. The number of carboxylic acids is 1. The van der Waals surface area contributed by atoms with Crippen LogP contribution in [0.4, 0.5) is 0 Å². The van der Waals surface area contributed by atoms with E-state index in [1.165, 1.54) is 12.8 Å². The molecule has 6 aliphatic rings. The Morgan fingerprint density at radius 3 is 2.27 bits per heavy atom. The second kappa shape index (κ2) is 5.48. The van der Waals surface area contributed by atoms with Gasteiger partial charge in [0.2, 0.25) is 0 Å². The summed E-state index contributed by atoms with van der Waals surface area (Å²) in [6.45, 7) is 5.09. The molecule has 144 valence electrons. The van der Waals surface area contributed by atoms with Gasteiger partial charge in [-0.3, -0.25) is 9.59 Å². The molecular weight excluding hydrogens is 328 g/mol. The Hall–Kier alpha value is -1.06. The van der Waals surface area contributed by atoms with Crippen LogP contribution in [0.15, 0.2) is 0 Å². The van der Waals surface area contributed by atoms with Crippen molar-refractivity contribution >= 4 is 11.9 Å². The first kappa shape index (κ1) is 17.1. The van der Waals surface area contributed by atoms with Gasteiger partial charge in [-0.25, -0.2) is 0 Å². The van der Waals surface area contributed by atoms with Crippen molar-refractivity contribution in [3.63, 3.8) is 0 Å². The van der Waals surface area contributed by atoms with Crippen molar-refractivity contribution in [3.8, 4) is 0 Å². The lowest BCUT2D eigenvalue weighted by Gasteiger charge is -2.60. The molecule has 6 fully saturated rings. The number of fused-ring (bicyclic) bond motifs is 2. The van der Waals surface area contributed by atoms with Crippen LogP contribution in [-0.2, 0) is 14.3 Å². The van der Waals surface area contributed by atoms with E-state index in [1.54, 1.807) is 0 Å². The van der Waals surface area contributed by atoms with E-state index in [0.29, 0.717) is 36.2 Å². The Kier molecular flexibility index (Phi) is 3.60. The summed E-state index contributed by atoms with van der Waals surface area (Å²) in [7, 11) is 0. The van der Waals surface area contributed by atoms with Gasteiger partial charge in [-0.05, 0) is 86.9 Å². The predicted molar refractivity (Wildman–Crippen MR) is 96.2 cm³/mol. The molecule has 0 aromatic carbocycles. The summed E-state index contributed by atoms with van der Waals surface area (Å²) < 4.78 is 5.94. The van der Waals surface area contributed by atoms with E-state index in [1.807, 2.05) is 0 Å². The third kappa shape index (κ3) is 2.32. The lowest BCUT2D eigenvalue weighted by atomic mass is 9.44. The highest BCUT2D eigenvalue weighted by Gasteiger charge is 2.61. The Morgan fingerprint density at radius 1 is 1.00 bits per heavy atom. The fraction of sp³-hybridized carbons (Fsp3) is 0.909. The zero-order chi connectivity index (χ0) is 18.3. The van der Waals surface area contributed by atoms with Gasteiger partial charge in [0.15, 0.2) is 0 Å². The molecule has 26 heavy (non-hydrogen) atoms. The van der Waals surface area contributed by atoms with E-state index in [2.05, 4.69) is 13.8 Å². The molecule has 6 rings (SSSR count). The van der Waals surface area contributed by atoms with E-state index in [0.717, 1.165) is 44.4 Å². The molecule has 1 N–H and O–H groups in total. The number of hydrogen-bond donors (Lipinski definition) is 1. The smallest absolute Gasteiger partial charge is 0.309 e. The van der Waals surface area contributed by atoms with Crippen molar-refractivity contribution in [2.75, 3.05) is 6.61 Å². The van der Waals surface area contributed by atoms with E-state index >= 15 is 0 Å². The molecule has 6 aliphatic carbocycles. The molecule has 0 aromatic rings. The van der Waals surface area contributed by atoms with E-state index in [4.69, 9.17) is 4.74 Å². The van der Waals surface area contributed by atoms with Crippen LogP contribution in [0.2, 0.25) is 0 Å². The number of carboxylic acid groups (broad SMARTS) is 1. The molecule has 4 nitrogen and oxygen atoms in total. The molecule has 6 bridgehead atoms. The van der Waals surface area contributed by atoms with E-state index in [9.17, 15) is 14.7 Å². The zero-order valence-electron chi connectivity index (χ0n) is 16.1. The molecule has 0 spiro atoms. The van der Waals surface area contributed by atoms with Gasteiger partial charge >= 0.3 is 11.9 Å². The molecule has 0 heterocycles. The first-order chi connectivity index (χ1) is 12.3. The molecule has 6 saturated carbocycles. The molecular formula is C22H32O4. The average Bonchev–Trinajstić information content (AvgIpc) is 3.12. The lowest BCUT2D eigenvalue weighted by Crippen LogP contribution is -2.56. The fourth-order valence-corrected chi connectivity index (χ4v) is 8.41. The summed E-state index contributed by atoms with van der Waals surface area (Å²) in [6.07, 6.45) is 7.93. The van der Waals surface area contributed by atoms with Crippen molar-refractivity contribution < 1.29 is 19.4 Å². The minimum Gasteiger partial charge on any atom is -0.481 e. The lowest BCUT2D eigenvalue weighted by molar-refractivity contribution is -0.185. The van der Waals surface area contributed by atoms with Crippen molar-refractivity contribution in [2.45, 2.75) is 65.2 Å². The Balaban J connectivity index is 1.27. The van der Waals surface area contributed by atoms with Gasteiger partial charge in [-0.15, -0.1) is 0 Å². The van der Waals surface area contributed by atoms with Crippen LogP contribution in [0, 0.1) is 52.3 Å². The maximum absolute atomic E-state index is 12.9. The summed E-state index contributed by atoms with van der Waals surface area (Å²) in [4.78, 5) is 24.8. The van der Waals surface area contributed by atoms with Crippen molar-refractivity contribution in [2.24, 2.45) is 52.3 Å². The second-order valence-corrected chi connectivity index (χ2v) is 10.9. The number of rotatable bonds is 4. The number of ether oxygens (including phenoxy) is 1. The number of esters is 1. The average molecular weight is 360 g/mol. The van der Waals surface area contributed by atoms with Crippen LogP contribution in [-0.4, -0.2) is 23.7 Å². The van der Waals surface area contributed by atoms with Gasteiger partial charge in [0, 0.05) is 5.41 Å². The van der Waals surface area contributed by atoms with Gasteiger partial charge in [-0.2, -0.15) is 0 Å². The molecule has 0 saturated heterocycles. The molecule has 7 unspecified atom stereocenters. The highest BCUT2D eigenvalue weighted by atomic mass is 16.5. The Morgan fingerprint density at radius 2 is 1.69 bits per heavy atom. The van der Waals surface area contributed by atoms with Crippen LogP contribution in [0.1, 0.15) is 65.2 Å². The van der Waals surface area contributed by atoms with Crippen LogP contribution >= 0.6 is 0 Å². The summed E-state index contributed by atoms with van der Waals surface area (Å²) in [5.41, 5.74) is -0.596. The summed E-state index contributed by atoms with van der Waals surface area (Å²) >= 11 is 0. The molecule has 0 aromatic heterocycles. The predicted octanol–water partition coefficient (Wildman–Crippen LogP) is 4.13.